The number of hydrogen-bond donors (Lipinski definition) is 0. The van der Waals surface area contributed by atoms with Gasteiger partial charge in [0.1, 0.15) is 7.11 Å². The first-order valence-electron chi connectivity index (χ1n) is 4.75. The molecule has 0 amide bonds. The quantitative estimate of drug-likeness (QED) is 0.483. The fraction of sp³-hybridized carbons (Fsp3) is 0.800. The summed E-state index contributed by atoms with van der Waals surface area (Å²) in [5.74, 6) is 0.680. The summed E-state index contributed by atoms with van der Waals surface area (Å²) in [7, 11) is 1.56. The molecule has 2 unspecified atom stereocenters. The summed E-state index contributed by atoms with van der Waals surface area (Å²) < 4.78 is 0. The van der Waals surface area contributed by atoms with Gasteiger partial charge in [-0.2, -0.15) is 5.26 Å². The highest BCUT2D eigenvalue weighted by Crippen LogP contribution is 2.29. The molecular weight excluding hydrogens is 164 g/mol. The van der Waals surface area contributed by atoms with Crippen molar-refractivity contribution in [1.82, 2.24) is 0 Å². The van der Waals surface area contributed by atoms with E-state index in [0.29, 0.717) is 5.92 Å². The summed E-state index contributed by atoms with van der Waals surface area (Å²) >= 11 is 0. The Morgan fingerprint density at radius 3 is 2.92 bits per heavy atom. The van der Waals surface area contributed by atoms with Crippen LogP contribution >= 0.6 is 0 Å². The molecule has 0 heterocycles. The summed E-state index contributed by atoms with van der Waals surface area (Å²) in [4.78, 5) is 4.73. The molecule has 1 fully saturated rings. The van der Waals surface area contributed by atoms with Gasteiger partial charge >= 0.3 is 0 Å². The lowest BCUT2D eigenvalue weighted by atomic mass is 9.80. The van der Waals surface area contributed by atoms with E-state index in [-0.39, 0.29) is 5.92 Å². The Balaban J connectivity index is 2.52. The van der Waals surface area contributed by atoms with Gasteiger partial charge in [0.05, 0.1) is 11.8 Å². The minimum atomic E-state index is 0.223. The molecule has 3 nitrogen and oxygen atoms in total. The van der Waals surface area contributed by atoms with E-state index in [1.807, 2.05) is 6.92 Å². The SMILES string of the molecule is CON=C(C)C1CCCC(C#N)C1. The Morgan fingerprint density at radius 1 is 1.54 bits per heavy atom. The van der Waals surface area contributed by atoms with Crippen molar-refractivity contribution >= 4 is 5.71 Å². The van der Waals surface area contributed by atoms with Crippen molar-refractivity contribution in [2.45, 2.75) is 32.6 Å². The van der Waals surface area contributed by atoms with Crippen LogP contribution in [-0.4, -0.2) is 12.8 Å². The van der Waals surface area contributed by atoms with Gasteiger partial charge in [-0.05, 0) is 26.2 Å². The van der Waals surface area contributed by atoms with Crippen molar-refractivity contribution in [3.05, 3.63) is 0 Å². The Morgan fingerprint density at radius 2 is 2.31 bits per heavy atom. The monoisotopic (exact) mass is 180 g/mol. The number of hydrogen-bond acceptors (Lipinski definition) is 3. The third-order valence-electron chi connectivity index (χ3n) is 2.68. The second kappa shape index (κ2) is 4.86. The molecule has 0 aromatic heterocycles. The predicted octanol–water partition coefficient (Wildman–Crippen LogP) is 2.34. The third kappa shape index (κ3) is 2.73. The standard InChI is InChI=1S/C10H16N2O/c1-8(12-13-2)10-5-3-4-9(6-10)7-11/h9-10H,3-6H2,1-2H3. The molecule has 1 aliphatic carbocycles. The number of rotatable bonds is 2. The average Bonchev–Trinajstić information content (AvgIpc) is 2.18. The van der Waals surface area contributed by atoms with Gasteiger partial charge in [-0.3, -0.25) is 0 Å². The molecule has 1 saturated carbocycles. The van der Waals surface area contributed by atoms with Crippen LogP contribution in [0.4, 0.5) is 0 Å². The molecule has 1 aliphatic rings. The first kappa shape index (κ1) is 10.0. The lowest BCUT2D eigenvalue weighted by Gasteiger charge is -2.24. The van der Waals surface area contributed by atoms with Crippen LogP contribution in [0.2, 0.25) is 0 Å². The van der Waals surface area contributed by atoms with Crippen molar-refractivity contribution in [1.29, 1.82) is 5.26 Å². The summed E-state index contributed by atoms with van der Waals surface area (Å²) in [5, 5.41) is 12.7. The lowest BCUT2D eigenvalue weighted by Crippen LogP contribution is -2.20. The van der Waals surface area contributed by atoms with Crippen molar-refractivity contribution in [3.8, 4) is 6.07 Å². The molecule has 0 bridgehead atoms. The molecule has 3 heteroatoms. The van der Waals surface area contributed by atoms with E-state index in [9.17, 15) is 0 Å². The van der Waals surface area contributed by atoms with Crippen LogP contribution in [0.5, 0.6) is 0 Å². The van der Waals surface area contributed by atoms with E-state index in [1.54, 1.807) is 7.11 Å². The van der Waals surface area contributed by atoms with Crippen LogP contribution in [0.15, 0.2) is 5.16 Å². The third-order valence-corrected chi connectivity index (χ3v) is 2.68. The first-order chi connectivity index (χ1) is 6.27. The van der Waals surface area contributed by atoms with Gasteiger partial charge in [0, 0.05) is 11.8 Å². The van der Waals surface area contributed by atoms with Gasteiger partial charge < -0.3 is 4.84 Å². The molecule has 2 atom stereocenters. The second-order valence-electron chi connectivity index (χ2n) is 3.60. The van der Waals surface area contributed by atoms with Crippen LogP contribution in [-0.2, 0) is 4.84 Å². The van der Waals surface area contributed by atoms with Crippen molar-refractivity contribution in [2.75, 3.05) is 7.11 Å². The Hall–Kier alpha value is -1.04. The normalized spacial score (nSPS) is 29.5. The zero-order valence-electron chi connectivity index (χ0n) is 8.29. The van der Waals surface area contributed by atoms with Gasteiger partial charge in [0.2, 0.25) is 0 Å². The van der Waals surface area contributed by atoms with E-state index in [4.69, 9.17) is 10.1 Å². The maximum Gasteiger partial charge on any atom is 0.106 e. The van der Waals surface area contributed by atoms with Crippen LogP contribution in [0, 0.1) is 23.2 Å². The zero-order chi connectivity index (χ0) is 9.68. The van der Waals surface area contributed by atoms with Gasteiger partial charge in [0.25, 0.3) is 0 Å². The molecule has 0 saturated heterocycles. The van der Waals surface area contributed by atoms with Crippen LogP contribution in [0.25, 0.3) is 0 Å². The highest BCUT2D eigenvalue weighted by Gasteiger charge is 2.23. The van der Waals surface area contributed by atoms with Gasteiger partial charge in [-0.25, -0.2) is 0 Å². The second-order valence-corrected chi connectivity index (χ2v) is 3.60. The van der Waals surface area contributed by atoms with Gasteiger partial charge in [-0.15, -0.1) is 0 Å². The molecule has 0 aromatic carbocycles. The smallest absolute Gasteiger partial charge is 0.106 e. The number of oxime groups is 1. The van der Waals surface area contributed by atoms with E-state index >= 15 is 0 Å². The van der Waals surface area contributed by atoms with Gasteiger partial charge in [-0.1, -0.05) is 11.6 Å². The minimum absolute atomic E-state index is 0.223. The fourth-order valence-corrected chi connectivity index (χ4v) is 1.91. The highest BCUT2D eigenvalue weighted by molar-refractivity contribution is 5.83. The van der Waals surface area contributed by atoms with Crippen LogP contribution < -0.4 is 0 Å². The van der Waals surface area contributed by atoms with Crippen molar-refractivity contribution in [2.24, 2.45) is 17.0 Å². The van der Waals surface area contributed by atoms with Crippen LogP contribution in [0.1, 0.15) is 32.6 Å². The molecule has 13 heavy (non-hydrogen) atoms. The average molecular weight is 180 g/mol. The van der Waals surface area contributed by atoms with Gasteiger partial charge in [0.15, 0.2) is 0 Å². The summed E-state index contributed by atoms with van der Waals surface area (Å²) in [6.45, 7) is 1.98. The van der Waals surface area contributed by atoms with E-state index in [1.165, 1.54) is 0 Å². The van der Waals surface area contributed by atoms with E-state index < -0.39 is 0 Å². The molecule has 0 aliphatic heterocycles. The molecule has 0 radical (unpaired) electrons. The first-order valence-corrected chi connectivity index (χ1v) is 4.75. The maximum atomic E-state index is 8.80. The molecule has 0 N–H and O–H groups in total. The predicted molar refractivity (Wildman–Crippen MR) is 51.2 cm³/mol. The van der Waals surface area contributed by atoms with Crippen LogP contribution in [0.3, 0.4) is 0 Å². The summed E-state index contributed by atoms with van der Waals surface area (Å²) in [5.41, 5.74) is 1.03. The van der Waals surface area contributed by atoms with E-state index in [0.717, 1.165) is 31.4 Å². The molecule has 0 aromatic rings. The van der Waals surface area contributed by atoms with Crippen molar-refractivity contribution in [3.63, 3.8) is 0 Å². The topological polar surface area (TPSA) is 45.4 Å². The maximum absolute atomic E-state index is 8.80. The van der Waals surface area contributed by atoms with E-state index in [2.05, 4.69) is 11.2 Å². The summed E-state index contributed by atoms with van der Waals surface area (Å²) in [6, 6.07) is 2.34. The Labute approximate surface area is 79.4 Å². The molecular formula is C10H16N2O. The van der Waals surface area contributed by atoms with Crippen molar-refractivity contribution < 1.29 is 4.84 Å². The minimum Gasteiger partial charge on any atom is -0.399 e. The number of nitrogens with zero attached hydrogens (tertiary/aromatic N) is 2. The largest absolute Gasteiger partial charge is 0.399 e. The molecule has 0 spiro atoms. The number of nitriles is 1. The molecule has 1 rings (SSSR count). The molecule has 72 valence electrons. The summed E-state index contributed by atoms with van der Waals surface area (Å²) in [6.07, 6.45) is 4.29. The lowest BCUT2D eigenvalue weighted by molar-refractivity contribution is 0.208. The highest BCUT2D eigenvalue weighted by atomic mass is 16.6. The Kier molecular flexibility index (Phi) is 3.75. The Bertz CT molecular complexity index is 230. The fourth-order valence-electron chi connectivity index (χ4n) is 1.91. The zero-order valence-corrected chi connectivity index (χ0v) is 8.29.